The monoisotopic (exact) mass is 308 g/mol. The second kappa shape index (κ2) is 6.78. The van der Waals surface area contributed by atoms with Gasteiger partial charge in [0, 0.05) is 19.6 Å². The minimum absolute atomic E-state index is 0.154. The number of anilines is 2. The number of hydrogen-bond acceptors (Lipinski definition) is 6. The lowest BCUT2D eigenvalue weighted by Crippen LogP contribution is -2.42. The van der Waals surface area contributed by atoms with Gasteiger partial charge >= 0.3 is 0 Å². The number of nitrogens with zero attached hydrogens (tertiary/aromatic N) is 2. The van der Waals surface area contributed by atoms with Crippen LogP contribution in [0.1, 0.15) is 35.5 Å². The summed E-state index contributed by atoms with van der Waals surface area (Å²) in [5.41, 5.74) is 6.67. The molecule has 114 valence electrons. The predicted molar refractivity (Wildman–Crippen MR) is 83.7 cm³/mol. The third kappa shape index (κ3) is 3.12. The number of carbonyl (C=O) groups is 1. The Labute approximate surface area is 128 Å². The first-order valence-corrected chi connectivity index (χ1v) is 7.91. The molecule has 0 aliphatic carbocycles. The molecule has 2 rings (SSSR count). The van der Waals surface area contributed by atoms with Crippen LogP contribution in [-0.4, -0.2) is 38.3 Å². The molecule has 0 bridgehead atoms. The number of carbonyl (C=O) groups excluding carboxylic acids is 1. The van der Waals surface area contributed by atoms with E-state index in [2.05, 4.69) is 23.2 Å². The van der Waals surface area contributed by atoms with E-state index >= 15 is 0 Å². The third-order valence-electron chi connectivity index (χ3n) is 3.46. The van der Waals surface area contributed by atoms with Gasteiger partial charge in [0.2, 0.25) is 0 Å². The maximum Gasteiger partial charge on any atom is 0.263 e. The average Bonchev–Trinajstić information content (AvgIpc) is 2.84. The number of ether oxygens (including phenoxy) is 1. The summed E-state index contributed by atoms with van der Waals surface area (Å²) in [5.74, 6) is -0.219. The summed E-state index contributed by atoms with van der Waals surface area (Å²) in [7, 11) is 0. The maximum absolute atomic E-state index is 12.0. The molecule has 0 radical (unpaired) electrons. The van der Waals surface area contributed by atoms with Gasteiger partial charge in [0.15, 0.2) is 0 Å². The normalized spacial score (nSPS) is 18.3. The molecule has 1 atom stereocenters. The molecule has 0 aromatic carbocycles. The Hall–Kier alpha value is -1.78. The summed E-state index contributed by atoms with van der Waals surface area (Å²) >= 11 is 1.29. The smallest absolute Gasteiger partial charge is 0.263 e. The molecule has 1 aliphatic rings. The second-order valence-corrected chi connectivity index (χ2v) is 5.84. The first kappa shape index (κ1) is 15.6. The van der Waals surface area contributed by atoms with Crippen LogP contribution in [0.25, 0.3) is 0 Å². The van der Waals surface area contributed by atoms with Crippen LogP contribution in [0.5, 0.6) is 0 Å². The van der Waals surface area contributed by atoms with Crippen molar-refractivity contribution in [3.8, 4) is 6.07 Å². The van der Waals surface area contributed by atoms with Gasteiger partial charge in [0.25, 0.3) is 5.91 Å². The van der Waals surface area contributed by atoms with E-state index in [0.717, 1.165) is 18.0 Å². The Bertz CT molecular complexity index is 564. The number of thiophene rings is 1. The molecule has 7 heteroatoms. The van der Waals surface area contributed by atoms with Crippen molar-refractivity contribution in [2.75, 3.05) is 36.9 Å². The van der Waals surface area contributed by atoms with Gasteiger partial charge < -0.3 is 20.7 Å². The van der Waals surface area contributed by atoms with Crippen molar-refractivity contribution in [2.24, 2.45) is 0 Å². The zero-order valence-electron chi connectivity index (χ0n) is 12.3. The molecule has 1 amide bonds. The van der Waals surface area contributed by atoms with Gasteiger partial charge in [-0.2, -0.15) is 5.26 Å². The standard InChI is InChI=1S/C14H20N4O2S/c1-3-9-8-18(5-6-20-9)14-10(7-15)11(16)12(21-14)13(19)17-4-2/h9H,3-6,8,16H2,1-2H3,(H,17,19). The van der Waals surface area contributed by atoms with E-state index in [1.807, 2.05) is 6.92 Å². The Kier molecular flexibility index (Phi) is 5.04. The molecule has 0 saturated carbocycles. The molecular weight excluding hydrogens is 288 g/mol. The molecule has 1 aromatic heterocycles. The first-order valence-electron chi connectivity index (χ1n) is 7.09. The number of hydrogen-bond donors (Lipinski definition) is 2. The van der Waals surface area contributed by atoms with Crippen molar-refractivity contribution in [1.29, 1.82) is 5.26 Å². The SMILES string of the molecule is CCNC(=O)c1sc(N2CCOC(CC)C2)c(C#N)c1N. The van der Waals surface area contributed by atoms with Gasteiger partial charge in [0.05, 0.1) is 18.4 Å². The van der Waals surface area contributed by atoms with Gasteiger partial charge in [-0.25, -0.2) is 0 Å². The van der Waals surface area contributed by atoms with Crippen LogP contribution in [0.3, 0.4) is 0 Å². The van der Waals surface area contributed by atoms with Crippen molar-refractivity contribution in [3.05, 3.63) is 10.4 Å². The predicted octanol–water partition coefficient (Wildman–Crippen LogP) is 1.57. The lowest BCUT2D eigenvalue weighted by molar-refractivity contribution is 0.0386. The zero-order valence-corrected chi connectivity index (χ0v) is 13.1. The lowest BCUT2D eigenvalue weighted by atomic mass is 10.2. The molecule has 21 heavy (non-hydrogen) atoms. The Morgan fingerprint density at radius 1 is 1.62 bits per heavy atom. The molecular formula is C14H20N4O2S. The van der Waals surface area contributed by atoms with Gasteiger partial charge in [0.1, 0.15) is 21.5 Å². The van der Waals surface area contributed by atoms with Gasteiger partial charge in [-0.1, -0.05) is 6.92 Å². The Morgan fingerprint density at radius 3 is 3.00 bits per heavy atom. The highest BCUT2D eigenvalue weighted by Crippen LogP contribution is 2.38. The second-order valence-electron chi connectivity index (χ2n) is 4.84. The van der Waals surface area contributed by atoms with Crippen LogP contribution >= 0.6 is 11.3 Å². The van der Waals surface area contributed by atoms with Crippen molar-refractivity contribution >= 4 is 27.9 Å². The highest BCUT2D eigenvalue weighted by atomic mass is 32.1. The Balaban J connectivity index is 2.33. The summed E-state index contributed by atoms with van der Waals surface area (Å²) in [6.45, 7) is 6.50. The fourth-order valence-electron chi connectivity index (χ4n) is 2.32. The van der Waals surface area contributed by atoms with E-state index in [1.54, 1.807) is 0 Å². The van der Waals surface area contributed by atoms with Gasteiger partial charge in [-0.15, -0.1) is 11.3 Å². The summed E-state index contributed by atoms with van der Waals surface area (Å²) in [6, 6.07) is 2.13. The van der Waals surface area contributed by atoms with Crippen LogP contribution in [0.4, 0.5) is 10.7 Å². The van der Waals surface area contributed by atoms with E-state index in [-0.39, 0.29) is 17.7 Å². The summed E-state index contributed by atoms with van der Waals surface area (Å²) < 4.78 is 5.64. The zero-order chi connectivity index (χ0) is 15.4. The fourth-order valence-corrected chi connectivity index (χ4v) is 3.45. The number of nitriles is 1. The molecule has 1 fully saturated rings. The minimum Gasteiger partial charge on any atom is -0.396 e. The molecule has 1 saturated heterocycles. The molecule has 1 aromatic rings. The molecule has 0 spiro atoms. The van der Waals surface area contributed by atoms with Crippen LogP contribution in [0.15, 0.2) is 0 Å². The number of nitrogen functional groups attached to an aromatic ring is 1. The van der Waals surface area contributed by atoms with Crippen molar-refractivity contribution < 1.29 is 9.53 Å². The molecule has 2 heterocycles. The highest BCUT2D eigenvalue weighted by Gasteiger charge is 2.27. The van der Waals surface area contributed by atoms with Crippen molar-refractivity contribution in [1.82, 2.24) is 5.32 Å². The van der Waals surface area contributed by atoms with E-state index < -0.39 is 0 Å². The van der Waals surface area contributed by atoms with E-state index in [1.165, 1.54) is 11.3 Å². The largest absolute Gasteiger partial charge is 0.396 e. The van der Waals surface area contributed by atoms with Gasteiger partial charge in [-0.3, -0.25) is 4.79 Å². The summed E-state index contributed by atoms with van der Waals surface area (Å²) in [6.07, 6.45) is 1.07. The maximum atomic E-state index is 12.0. The summed E-state index contributed by atoms with van der Waals surface area (Å²) in [4.78, 5) is 14.5. The van der Waals surface area contributed by atoms with Gasteiger partial charge in [-0.05, 0) is 13.3 Å². The average molecular weight is 308 g/mol. The van der Waals surface area contributed by atoms with E-state index in [9.17, 15) is 10.1 Å². The van der Waals surface area contributed by atoms with E-state index in [0.29, 0.717) is 30.1 Å². The van der Waals surface area contributed by atoms with Crippen LogP contribution in [0, 0.1) is 11.3 Å². The highest BCUT2D eigenvalue weighted by molar-refractivity contribution is 7.19. The minimum atomic E-state index is -0.219. The molecule has 3 N–H and O–H groups in total. The van der Waals surface area contributed by atoms with Crippen LogP contribution in [0.2, 0.25) is 0 Å². The number of nitrogens with two attached hydrogens (primary N) is 1. The third-order valence-corrected chi connectivity index (χ3v) is 4.73. The van der Waals surface area contributed by atoms with E-state index in [4.69, 9.17) is 10.5 Å². The first-order chi connectivity index (χ1) is 10.1. The molecule has 6 nitrogen and oxygen atoms in total. The van der Waals surface area contributed by atoms with Crippen molar-refractivity contribution in [2.45, 2.75) is 26.4 Å². The summed E-state index contributed by atoms with van der Waals surface area (Å²) in [5, 5.41) is 12.9. The number of rotatable bonds is 4. The number of amides is 1. The molecule has 1 unspecified atom stereocenters. The molecule has 1 aliphatic heterocycles. The lowest BCUT2D eigenvalue weighted by Gasteiger charge is -2.33. The Morgan fingerprint density at radius 2 is 2.38 bits per heavy atom. The fraction of sp³-hybridized carbons (Fsp3) is 0.571. The topological polar surface area (TPSA) is 91.4 Å². The van der Waals surface area contributed by atoms with Crippen LogP contribution < -0.4 is 16.0 Å². The number of nitrogens with one attached hydrogen (secondary N) is 1. The quantitative estimate of drug-likeness (QED) is 0.881. The number of morpholine rings is 1. The van der Waals surface area contributed by atoms with Crippen LogP contribution in [-0.2, 0) is 4.74 Å². The van der Waals surface area contributed by atoms with Crippen molar-refractivity contribution in [3.63, 3.8) is 0 Å².